The molecule has 29 heavy (non-hydrogen) atoms. The van der Waals surface area contributed by atoms with Gasteiger partial charge in [-0.3, -0.25) is 9.59 Å². The molecule has 1 heterocycles. The fourth-order valence-corrected chi connectivity index (χ4v) is 4.64. The van der Waals surface area contributed by atoms with Gasteiger partial charge in [0, 0.05) is 24.7 Å². The van der Waals surface area contributed by atoms with Crippen LogP contribution in [0.15, 0.2) is 24.3 Å². The predicted molar refractivity (Wildman–Crippen MR) is 118 cm³/mol. The summed E-state index contributed by atoms with van der Waals surface area (Å²) in [4.78, 5) is 27.7. The molecule has 0 atom stereocenters. The minimum atomic E-state index is -0.430. The van der Waals surface area contributed by atoms with Gasteiger partial charge in [0.25, 0.3) is 0 Å². The first kappa shape index (κ1) is 21.8. The molecule has 1 aromatic carbocycles. The molecule has 1 aliphatic carbocycles. The van der Waals surface area contributed by atoms with Crippen LogP contribution in [0, 0.1) is 5.92 Å². The van der Waals surface area contributed by atoms with E-state index in [1.165, 1.54) is 25.7 Å². The number of piperidine rings is 1. The predicted octanol–water partition coefficient (Wildman–Crippen LogP) is 4.09. The zero-order valence-corrected chi connectivity index (χ0v) is 18.1. The normalized spacial score (nSPS) is 19.7. The van der Waals surface area contributed by atoms with E-state index in [1.54, 1.807) is 0 Å². The molecular weight excluding hydrogens is 362 g/mol. The molecular formula is C24H37N3O2. The second-order valence-electron chi connectivity index (χ2n) is 9.02. The smallest absolute Gasteiger partial charge is 0.230 e. The minimum Gasteiger partial charge on any atom is -0.354 e. The van der Waals surface area contributed by atoms with Crippen molar-refractivity contribution in [3.8, 4) is 0 Å². The summed E-state index contributed by atoms with van der Waals surface area (Å²) in [6.45, 7) is 7.75. The maximum Gasteiger partial charge on any atom is 0.230 e. The van der Waals surface area contributed by atoms with Gasteiger partial charge in [-0.05, 0) is 56.5 Å². The highest BCUT2D eigenvalue weighted by Crippen LogP contribution is 2.40. The van der Waals surface area contributed by atoms with Crippen molar-refractivity contribution in [3.05, 3.63) is 29.8 Å². The zero-order chi connectivity index (χ0) is 20.7. The maximum absolute atomic E-state index is 13.3. The first-order valence-corrected chi connectivity index (χ1v) is 11.4. The number of likely N-dealkylation sites (tertiary alicyclic amines) is 1. The van der Waals surface area contributed by atoms with Gasteiger partial charge >= 0.3 is 0 Å². The Kier molecular flexibility index (Phi) is 7.70. The van der Waals surface area contributed by atoms with E-state index >= 15 is 0 Å². The Hall–Kier alpha value is -1.88. The molecule has 1 aliphatic heterocycles. The van der Waals surface area contributed by atoms with Gasteiger partial charge in [0.15, 0.2) is 0 Å². The number of rotatable bonds is 7. The molecule has 160 valence electrons. The van der Waals surface area contributed by atoms with Crippen LogP contribution >= 0.6 is 0 Å². The highest BCUT2D eigenvalue weighted by Gasteiger charge is 2.40. The second-order valence-corrected chi connectivity index (χ2v) is 9.02. The molecule has 0 bridgehead atoms. The average molecular weight is 400 g/mol. The fraction of sp³-hybridized carbons (Fsp3) is 0.667. The highest BCUT2D eigenvalue weighted by molar-refractivity contribution is 5.92. The second kappa shape index (κ2) is 10.2. The van der Waals surface area contributed by atoms with Gasteiger partial charge in [0.2, 0.25) is 11.8 Å². The number of hydrogen-bond acceptors (Lipinski definition) is 3. The molecule has 5 heteroatoms. The summed E-state index contributed by atoms with van der Waals surface area (Å²) in [5.41, 5.74) is 1.44. The number of carbonyl (C=O) groups is 2. The molecule has 1 saturated heterocycles. The van der Waals surface area contributed by atoms with Gasteiger partial charge in [-0.1, -0.05) is 51.7 Å². The lowest BCUT2D eigenvalue weighted by Gasteiger charge is -2.37. The highest BCUT2D eigenvalue weighted by atomic mass is 16.2. The van der Waals surface area contributed by atoms with Crippen molar-refractivity contribution in [3.63, 3.8) is 0 Å². The van der Waals surface area contributed by atoms with Crippen LogP contribution < -0.4 is 10.6 Å². The van der Waals surface area contributed by atoms with E-state index in [9.17, 15) is 9.59 Å². The van der Waals surface area contributed by atoms with E-state index in [0.717, 1.165) is 63.1 Å². The lowest BCUT2D eigenvalue weighted by atomic mass is 9.68. The van der Waals surface area contributed by atoms with Gasteiger partial charge < -0.3 is 15.5 Å². The SMILES string of the molecule is CC(C)C(=O)Nc1ccc(C2(C(=O)NCCN3CCCCC3)CCCCC2)cc1. The summed E-state index contributed by atoms with van der Waals surface area (Å²) in [6, 6.07) is 7.94. The Bertz CT molecular complexity index is 672. The van der Waals surface area contributed by atoms with Gasteiger partial charge in [0.1, 0.15) is 0 Å². The quantitative estimate of drug-likeness (QED) is 0.726. The van der Waals surface area contributed by atoms with Crippen molar-refractivity contribution in [1.82, 2.24) is 10.2 Å². The van der Waals surface area contributed by atoms with Gasteiger partial charge in [-0.2, -0.15) is 0 Å². The third-order valence-corrected chi connectivity index (χ3v) is 6.53. The van der Waals surface area contributed by atoms with E-state index in [0.29, 0.717) is 0 Å². The van der Waals surface area contributed by atoms with Gasteiger partial charge in [0.05, 0.1) is 5.41 Å². The van der Waals surface area contributed by atoms with Crippen LogP contribution in [0.1, 0.15) is 70.8 Å². The Balaban J connectivity index is 1.65. The summed E-state index contributed by atoms with van der Waals surface area (Å²) in [5.74, 6) is 0.138. The average Bonchev–Trinajstić information content (AvgIpc) is 2.75. The molecule has 0 radical (unpaired) electrons. The number of nitrogens with one attached hydrogen (secondary N) is 2. The fourth-order valence-electron chi connectivity index (χ4n) is 4.64. The third-order valence-electron chi connectivity index (χ3n) is 6.53. The van der Waals surface area contributed by atoms with Crippen LogP contribution in [0.2, 0.25) is 0 Å². The van der Waals surface area contributed by atoms with Crippen molar-refractivity contribution in [2.75, 3.05) is 31.5 Å². The molecule has 2 aliphatic rings. The summed E-state index contributed by atoms with van der Waals surface area (Å²) in [7, 11) is 0. The molecule has 2 N–H and O–H groups in total. The molecule has 1 saturated carbocycles. The first-order valence-electron chi connectivity index (χ1n) is 11.4. The van der Waals surface area contributed by atoms with Crippen molar-refractivity contribution >= 4 is 17.5 Å². The largest absolute Gasteiger partial charge is 0.354 e. The van der Waals surface area contributed by atoms with Crippen molar-refractivity contribution in [2.45, 2.75) is 70.6 Å². The Morgan fingerprint density at radius 2 is 1.59 bits per heavy atom. The number of carbonyl (C=O) groups excluding carboxylic acids is 2. The number of benzene rings is 1. The number of amides is 2. The number of nitrogens with zero attached hydrogens (tertiary/aromatic N) is 1. The molecule has 2 amide bonds. The van der Waals surface area contributed by atoms with E-state index in [-0.39, 0.29) is 17.7 Å². The Morgan fingerprint density at radius 3 is 2.21 bits per heavy atom. The van der Waals surface area contributed by atoms with Crippen LogP contribution in [-0.2, 0) is 15.0 Å². The van der Waals surface area contributed by atoms with Crippen molar-refractivity contribution < 1.29 is 9.59 Å². The summed E-state index contributed by atoms with van der Waals surface area (Å²) in [6.07, 6.45) is 9.07. The monoisotopic (exact) mass is 399 g/mol. The van der Waals surface area contributed by atoms with Crippen LogP contribution in [-0.4, -0.2) is 42.9 Å². The third kappa shape index (κ3) is 5.59. The van der Waals surface area contributed by atoms with Crippen LogP contribution in [0.4, 0.5) is 5.69 Å². The molecule has 2 fully saturated rings. The molecule has 1 aromatic rings. The number of anilines is 1. The maximum atomic E-state index is 13.3. The lowest BCUT2D eigenvalue weighted by Crippen LogP contribution is -2.48. The van der Waals surface area contributed by atoms with E-state index < -0.39 is 5.41 Å². The van der Waals surface area contributed by atoms with Gasteiger partial charge in [-0.25, -0.2) is 0 Å². The molecule has 0 spiro atoms. The first-order chi connectivity index (χ1) is 14.0. The molecule has 0 aromatic heterocycles. The van der Waals surface area contributed by atoms with Crippen molar-refractivity contribution in [1.29, 1.82) is 0 Å². The molecule has 0 unspecified atom stereocenters. The summed E-state index contributed by atoms with van der Waals surface area (Å²) < 4.78 is 0. The van der Waals surface area contributed by atoms with Crippen LogP contribution in [0.3, 0.4) is 0 Å². The summed E-state index contributed by atoms with van der Waals surface area (Å²) >= 11 is 0. The lowest BCUT2D eigenvalue weighted by molar-refractivity contribution is -0.128. The van der Waals surface area contributed by atoms with E-state index in [1.807, 2.05) is 38.1 Å². The van der Waals surface area contributed by atoms with E-state index in [4.69, 9.17) is 0 Å². The van der Waals surface area contributed by atoms with E-state index in [2.05, 4.69) is 15.5 Å². The topological polar surface area (TPSA) is 61.4 Å². The minimum absolute atomic E-state index is 0.0144. The summed E-state index contributed by atoms with van der Waals surface area (Å²) in [5, 5.41) is 6.19. The Labute approximate surface area is 175 Å². The van der Waals surface area contributed by atoms with Crippen LogP contribution in [0.5, 0.6) is 0 Å². The Morgan fingerprint density at radius 1 is 0.966 bits per heavy atom. The zero-order valence-electron chi connectivity index (χ0n) is 18.1. The molecule has 5 nitrogen and oxygen atoms in total. The molecule has 3 rings (SSSR count). The van der Waals surface area contributed by atoms with Crippen molar-refractivity contribution in [2.24, 2.45) is 5.92 Å². The standard InChI is InChI=1S/C24H37N3O2/c1-19(2)22(28)26-21-11-9-20(10-12-21)24(13-5-3-6-14-24)23(29)25-15-18-27-16-7-4-8-17-27/h9-12,19H,3-8,13-18H2,1-2H3,(H,25,29)(H,26,28). The van der Waals surface area contributed by atoms with Crippen LogP contribution in [0.25, 0.3) is 0 Å². The van der Waals surface area contributed by atoms with Gasteiger partial charge in [-0.15, -0.1) is 0 Å². The number of hydrogen-bond donors (Lipinski definition) is 2.